The molecule has 0 bridgehead atoms. The van der Waals surface area contributed by atoms with E-state index < -0.39 is 6.10 Å². The lowest BCUT2D eigenvalue weighted by atomic mass is 9.95. The lowest BCUT2D eigenvalue weighted by molar-refractivity contribution is 0.0836. The van der Waals surface area contributed by atoms with Crippen molar-refractivity contribution in [3.05, 3.63) is 75.2 Å². The fourth-order valence-corrected chi connectivity index (χ4v) is 4.57. The summed E-state index contributed by atoms with van der Waals surface area (Å²) in [6.07, 6.45) is -0.669. The third-order valence-corrected chi connectivity index (χ3v) is 6.18. The van der Waals surface area contributed by atoms with Crippen molar-refractivity contribution in [2.45, 2.75) is 25.7 Å². The fourth-order valence-electron chi connectivity index (χ4n) is 3.84. The standard InChI is InChI=1S/C23H25N3O4S/c1-29-19-8-9-20(30-2)22-17(19)12-26(13-18(22)27)11-16-14-31-21(25-16)10-24-23(28)15-6-4-3-5-7-15/h3-9,14,18,27H,10-13H2,1-2H3,(H,24,28). The van der Waals surface area contributed by atoms with Crippen molar-refractivity contribution in [2.75, 3.05) is 20.8 Å². The Morgan fingerprint density at radius 1 is 1.19 bits per heavy atom. The third-order valence-electron chi connectivity index (χ3n) is 5.28. The third kappa shape index (κ3) is 4.71. The number of thiazole rings is 1. The van der Waals surface area contributed by atoms with E-state index in [2.05, 4.69) is 15.2 Å². The van der Waals surface area contributed by atoms with Crippen molar-refractivity contribution in [2.24, 2.45) is 0 Å². The van der Waals surface area contributed by atoms with Gasteiger partial charge in [-0.3, -0.25) is 9.69 Å². The highest BCUT2D eigenvalue weighted by atomic mass is 32.1. The Morgan fingerprint density at radius 2 is 1.94 bits per heavy atom. The molecule has 8 heteroatoms. The average molecular weight is 440 g/mol. The molecule has 2 N–H and O–H groups in total. The van der Waals surface area contributed by atoms with Gasteiger partial charge in [-0.05, 0) is 24.3 Å². The van der Waals surface area contributed by atoms with E-state index >= 15 is 0 Å². The smallest absolute Gasteiger partial charge is 0.251 e. The predicted molar refractivity (Wildman–Crippen MR) is 118 cm³/mol. The molecule has 162 valence electrons. The number of carbonyl (C=O) groups is 1. The van der Waals surface area contributed by atoms with Gasteiger partial charge in [-0.1, -0.05) is 18.2 Å². The van der Waals surface area contributed by atoms with Crippen LogP contribution in [-0.2, 0) is 19.6 Å². The molecule has 2 heterocycles. The Morgan fingerprint density at radius 3 is 2.68 bits per heavy atom. The number of hydrogen-bond acceptors (Lipinski definition) is 7. The maximum atomic E-state index is 12.2. The number of fused-ring (bicyclic) bond motifs is 1. The number of amides is 1. The minimum Gasteiger partial charge on any atom is -0.496 e. The van der Waals surface area contributed by atoms with Gasteiger partial charge in [0.2, 0.25) is 0 Å². The van der Waals surface area contributed by atoms with Gasteiger partial charge in [0, 0.05) is 41.7 Å². The molecule has 7 nitrogen and oxygen atoms in total. The van der Waals surface area contributed by atoms with Gasteiger partial charge in [0.25, 0.3) is 5.91 Å². The van der Waals surface area contributed by atoms with Gasteiger partial charge in [0.1, 0.15) is 16.5 Å². The van der Waals surface area contributed by atoms with Gasteiger partial charge in [-0.25, -0.2) is 4.98 Å². The number of hydrogen-bond donors (Lipinski definition) is 2. The molecule has 3 aromatic rings. The van der Waals surface area contributed by atoms with Crippen molar-refractivity contribution in [1.82, 2.24) is 15.2 Å². The number of nitrogens with zero attached hydrogens (tertiary/aromatic N) is 2. The van der Waals surface area contributed by atoms with Crippen LogP contribution in [0.1, 0.15) is 38.3 Å². The van der Waals surface area contributed by atoms with Crippen LogP contribution in [0.2, 0.25) is 0 Å². The molecule has 0 fully saturated rings. The van der Waals surface area contributed by atoms with E-state index in [-0.39, 0.29) is 5.91 Å². The van der Waals surface area contributed by atoms with E-state index in [1.54, 1.807) is 26.4 Å². The number of aliphatic hydroxyl groups excluding tert-OH is 1. The van der Waals surface area contributed by atoms with Crippen LogP contribution < -0.4 is 14.8 Å². The minimum absolute atomic E-state index is 0.117. The average Bonchev–Trinajstić information content (AvgIpc) is 3.24. The van der Waals surface area contributed by atoms with Gasteiger partial charge >= 0.3 is 0 Å². The van der Waals surface area contributed by atoms with Gasteiger partial charge < -0.3 is 19.9 Å². The lowest BCUT2D eigenvalue weighted by Gasteiger charge is -2.33. The summed E-state index contributed by atoms with van der Waals surface area (Å²) >= 11 is 1.52. The zero-order valence-corrected chi connectivity index (χ0v) is 18.3. The summed E-state index contributed by atoms with van der Waals surface area (Å²) in [5.41, 5.74) is 3.27. The van der Waals surface area contributed by atoms with E-state index in [0.717, 1.165) is 27.6 Å². The number of ether oxygens (including phenoxy) is 2. The highest BCUT2D eigenvalue weighted by Gasteiger charge is 2.30. The SMILES string of the molecule is COc1ccc(OC)c2c1CN(Cc1csc(CNC(=O)c3ccccc3)n1)CC2O. The first-order chi connectivity index (χ1) is 15.1. The summed E-state index contributed by atoms with van der Waals surface area (Å²) in [7, 11) is 3.23. The number of carbonyl (C=O) groups excluding carboxylic acids is 1. The topological polar surface area (TPSA) is 83.9 Å². The maximum absolute atomic E-state index is 12.2. The molecule has 4 rings (SSSR count). The number of β-amino-alcohol motifs (C(OH)–C–C–N with tert-alkyl or cyclic N) is 1. The Bertz CT molecular complexity index is 1050. The Labute approximate surface area is 185 Å². The van der Waals surface area contributed by atoms with Crippen molar-refractivity contribution >= 4 is 17.2 Å². The van der Waals surface area contributed by atoms with Crippen molar-refractivity contribution in [3.8, 4) is 11.5 Å². The molecule has 0 saturated heterocycles. The Kier molecular flexibility index (Phi) is 6.50. The first kappa shape index (κ1) is 21.3. The van der Waals surface area contributed by atoms with E-state index in [1.165, 1.54) is 11.3 Å². The van der Waals surface area contributed by atoms with Crippen molar-refractivity contribution in [1.29, 1.82) is 0 Å². The molecule has 0 spiro atoms. The second kappa shape index (κ2) is 9.47. The van der Waals surface area contributed by atoms with E-state index in [4.69, 9.17) is 9.47 Å². The monoisotopic (exact) mass is 439 g/mol. The molecule has 1 unspecified atom stereocenters. The highest BCUT2D eigenvalue weighted by molar-refractivity contribution is 7.09. The summed E-state index contributed by atoms with van der Waals surface area (Å²) < 4.78 is 10.9. The number of aliphatic hydroxyl groups is 1. The molecule has 1 atom stereocenters. The van der Waals surface area contributed by atoms with Crippen LogP contribution in [0.3, 0.4) is 0 Å². The molecule has 0 saturated carbocycles. The normalized spacial score (nSPS) is 15.9. The molecular formula is C23H25N3O4S. The number of methoxy groups -OCH3 is 2. The molecule has 1 aromatic heterocycles. The molecule has 1 amide bonds. The number of benzene rings is 2. The lowest BCUT2D eigenvalue weighted by Crippen LogP contribution is -2.34. The van der Waals surface area contributed by atoms with Gasteiger partial charge in [0.05, 0.1) is 32.6 Å². The highest BCUT2D eigenvalue weighted by Crippen LogP contribution is 2.39. The molecule has 2 aromatic carbocycles. The minimum atomic E-state index is -0.669. The Balaban J connectivity index is 1.41. The molecule has 0 radical (unpaired) electrons. The van der Waals surface area contributed by atoms with Crippen LogP contribution in [0.25, 0.3) is 0 Å². The molecule has 31 heavy (non-hydrogen) atoms. The zero-order valence-electron chi connectivity index (χ0n) is 17.5. The van der Waals surface area contributed by atoms with Gasteiger partial charge in [-0.15, -0.1) is 11.3 Å². The zero-order chi connectivity index (χ0) is 21.8. The first-order valence-electron chi connectivity index (χ1n) is 9.99. The number of nitrogens with one attached hydrogen (secondary N) is 1. The van der Waals surface area contributed by atoms with Crippen LogP contribution in [0.15, 0.2) is 47.8 Å². The number of aromatic nitrogens is 1. The summed E-state index contributed by atoms with van der Waals surface area (Å²) in [6.45, 7) is 2.09. The van der Waals surface area contributed by atoms with Crippen molar-refractivity contribution in [3.63, 3.8) is 0 Å². The molecule has 0 aliphatic carbocycles. The van der Waals surface area contributed by atoms with E-state index in [1.807, 2.05) is 35.7 Å². The maximum Gasteiger partial charge on any atom is 0.251 e. The first-order valence-corrected chi connectivity index (χ1v) is 10.9. The van der Waals surface area contributed by atoms with Crippen LogP contribution >= 0.6 is 11.3 Å². The van der Waals surface area contributed by atoms with Gasteiger partial charge in [-0.2, -0.15) is 0 Å². The molecule has 1 aliphatic rings. The van der Waals surface area contributed by atoms with E-state index in [0.29, 0.717) is 37.5 Å². The second-order valence-corrected chi connectivity index (χ2v) is 8.27. The largest absolute Gasteiger partial charge is 0.496 e. The number of rotatable bonds is 7. The van der Waals surface area contributed by atoms with Crippen LogP contribution in [0, 0.1) is 0 Å². The Hall–Kier alpha value is -2.94. The summed E-state index contributed by atoms with van der Waals surface area (Å²) in [5.74, 6) is 1.30. The van der Waals surface area contributed by atoms with Gasteiger partial charge in [0.15, 0.2) is 0 Å². The summed E-state index contributed by atoms with van der Waals surface area (Å²) in [5, 5.41) is 16.5. The second-order valence-electron chi connectivity index (χ2n) is 7.33. The predicted octanol–water partition coefficient (Wildman–Crippen LogP) is 3.14. The quantitative estimate of drug-likeness (QED) is 0.589. The van der Waals surface area contributed by atoms with Crippen LogP contribution in [0.5, 0.6) is 11.5 Å². The summed E-state index contributed by atoms with van der Waals surface area (Å²) in [6, 6.07) is 12.8. The summed E-state index contributed by atoms with van der Waals surface area (Å²) in [4.78, 5) is 19.0. The van der Waals surface area contributed by atoms with Crippen LogP contribution in [0.4, 0.5) is 0 Å². The van der Waals surface area contributed by atoms with Crippen molar-refractivity contribution < 1.29 is 19.4 Å². The molecular weight excluding hydrogens is 414 g/mol. The van der Waals surface area contributed by atoms with E-state index in [9.17, 15) is 9.90 Å². The van der Waals surface area contributed by atoms with Crippen LogP contribution in [-0.4, -0.2) is 41.7 Å². The molecule has 1 aliphatic heterocycles. The fraction of sp³-hybridized carbons (Fsp3) is 0.304.